The SMILES string of the molecule is CSc1nc(Cl)c2c(C(CC(C)(C)C)O[Si](C)C)c[nH]c2n1. The number of nitrogens with zero attached hydrogens (tertiary/aromatic N) is 2. The van der Waals surface area contributed by atoms with Crippen LogP contribution in [0.5, 0.6) is 0 Å². The molecule has 0 aliphatic heterocycles. The normalized spacial score (nSPS) is 14.0. The molecule has 0 aromatic carbocycles. The second-order valence-electron chi connectivity index (χ2n) is 6.75. The minimum atomic E-state index is -0.825. The van der Waals surface area contributed by atoms with Gasteiger partial charge in [-0.1, -0.05) is 44.1 Å². The van der Waals surface area contributed by atoms with Crippen LogP contribution in [0.15, 0.2) is 11.4 Å². The molecule has 1 unspecified atom stereocenters. The Morgan fingerprint density at radius 3 is 2.59 bits per heavy atom. The number of rotatable bonds is 5. The van der Waals surface area contributed by atoms with Gasteiger partial charge in [-0.25, -0.2) is 9.97 Å². The third-order valence-electron chi connectivity index (χ3n) is 3.20. The first-order valence-corrected chi connectivity index (χ1v) is 11.3. The number of aromatic nitrogens is 3. The lowest BCUT2D eigenvalue weighted by Gasteiger charge is -2.27. The molecule has 0 amide bonds. The molecule has 0 saturated heterocycles. The highest BCUT2D eigenvalue weighted by molar-refractivity contribution is 7.98. The van der Waals surface area contributed by atoms with Crippen molar-refractivity contribution in [3.63, 3.8) is 0 Å². The van der Waals surface area contributed by atoms with E-state index in [9.17, 15) is 0 Å². The Morgan fingerprint density at radius 1 is 1.36 bits per heavy atom. The molecule has 0 fully saturated rings. The smallest absolute Gasteiger partial charge is 0.205 e. The molecule has 0 bridgehead atoms. The van der Waals surface area contributed by atoms with Crippen LogP contribution in [-0.2, 0) is 4.43 Å². The third-order valence-corrected chi connectivity index (χ3v) is 4.78. The van der Waals surface area contributed by atoms with Crippen molar-refractivity contribution in [3.8, 4) is 0 Å². The Morgan fingerprint density at radius 2 is 2.05 bits per heavy atom. The lowest BCUT2D eigenvalue weighted by Crippen LogP contribution is -2.19. The maximum Gasteiger partial charge on any atom is 0.205 e. The summed E-state index contributed by atoms with van der Waals surface area (Å²) >= 11 is 7.89. The summed E-state index contributed by atoms with van der Waals surface area (Å²) < 4.78 is 6.25. The zero-order valence-corrected chi connectivity index (χ0v) is 16.5. The molecule has 2 aromatic heterocycles. The van der Waals surface area contributed by atoms with Crippen LogP contribution in [0.3, 0.4) is 0 Å². The van der Waals surface area contributed by atoms with Crippen LogP contribution in [0, 0.1) is 5.41 Å². The van der Waals surface area contributed by atoms with E-state index in [0.717, 1.165) is 23.0 Å². The third kappa shape index (κ3) is 4.25. The highest BCUT2D eigenvalue weighted by Crippen LogP contribution is 2.38. The second kappa shape index (κ2) is 6.91. The number of hydrogen-bond acceptors (Lipinski definition) is 4. The molecule has 0 aliphatic rings. The Balaban J connectivity index is 2.49. The molecule has 0 saturated carbocycles. The molecular formula is C15H23ClN3OSSi. The van der Waals surface area contributed by atoms with Gasteiger partial charge < -0.3 is 9.41 Å². The molecule has 1 N–H and O–H groups in total. The molecule has 7 heteroatoms. The fourth-order valence-electron chi connectivity index (χ4n) is 2.39. The van der Waals surface area contributed by atoms with Gasteiger partial charge in [0.25, 0.3) is 0 Å². The second-order valence-corrected chi connectivity index (χ2v) is 9.93. The van der Waals surface area contributed by atoms with Crippen LogP contribution >= 0.6 is 23.4 Å². The summed E-state index contributed by atoms with van der Waals surface area (Å²) in [5.41, 5.74) is 2.01. The van der Waals surface area contributed by atoms with Crippen molar-refractivity contribution in [2.24, 2.45) is 5.41 Å². The van der Waals surface area contributed by atoms with E-state index < -0.39 is 9.04 Å². The molecule has 0 aliphatic carbocycles. The van der Waals surface area contributed by atoms with Crippen molar-refractivity contribution in [2.75, 3.05) is 6.26 Å². The Kier molecular flexibility index (Phi) is 5.58. The lowest BCUT2D eigenvalue weighted by atomic mass is 9.87. The van der Waals surface area contributed by atoms with Gasteiger partial charge in [0, 0.05) is 11.8 Å². The van der Waals surface area contributed by atoms with E-state index in [2.05, 4.69) is 48.8 Å². The van der Waals surface area contributed by atoms with Crippen LogP contribution in [-0.4, -0.2) is 30.2 Å². The van der Waals surface area contributed by atoms with Gasteiger partial charge in [0.05, 0.1) is 11.5 Å². The fourth-order valence-corrected chi connectivity index (χ4v) is 3.87. The van der Waals surface area contributed by atoms with Gasteiger partial charge in [-0.05, 0) is 31.2 Å². The van der Waals surface area contributed by atoms with Crippen LogP contribution in [0.2, 0.25) is 18.2 Å². The van der Waals surface area contributed by atoms with E-state index in [1.165, 1.54) is 11.8 Å². The summed E-state index contributed by atoms with van der Waals surface area (Å²) in [6.07, 6.45) is 4.85. The largest absolute Gasteiger partial charge is 0.410 e. The molecule has 2 heterocycles. The monoisotopic (exact) mass is 356 g/mol. The van der Waals surface area contributed by atoms with Crippen LogP contribution in [0.1, 0.15) is 38.9 Å². The maximum absolute atomic E-state index is 6.41. The number of thioether (sulfide) groups is 1. The lowest BCUT2D eigenvalue weighted by molar-refractivity contribution is 0.148. The molecule has 1 radical (unpaired) electrons. The number of aromatic amines is 1. The average molecular weight is 357 g/mol. The summed E-state index contributed by atoms with van der Waals surface area (Å²) in [7, 11) is -0.825. The van der Waals surface area contributed by atoms with Gasteiger partial charge in [-0.2, -0.15) is 0 Å². The summed E-state index contributed by atoms with van der Waals surface area (Å²) in [4.78, 5) is 12.1. The van der Waals surface area contributed by atoms with E-state index in [0.29, 0.717) is 10.3 Å². The summed E-state index contributed by atoms with van der Waals surface area (Å²) in [6.45, 7) is 11.0. The molecule has 0 spiro atoms. The van der Waals surface area contributed by atoms with Crippen molar-refractivity contribution in [2.45, 2.75) is 51.5 Å². The van der Waals surface area contributed by atoms with E-state index in [1.54, 1.807) is 0 Å². The predicted octanol–water partition coefficient (Wildman–Crippen LogP) is 5.08. The molecule has 4 nitrogen and oxygen atoms in total. The first kappa shape index (κ1) is 17.8. The van der Waals surface area contributed by atoms with Gasteiger partial charge in [0.1, 0.15) is 10.8 Å². The van der Waals surface area contributed by atoms with E-state index in [4.69, 9.17) is 16.0 Å². The number of hydrogen-bond donors (Lipinski definition) is 1. The molecule has 1 atom stereocenters. The number of halogens is 1. The number of H-pyrrole nitrogens is 1. The van der Waals surface area contributed by atoms with Gasteiger partial charge in [-0.3, -0.25) is 0 Å². The van der Waals surface area contributed by atoms with Crippen molar-refractivity contribution in [1.29, 1.82) is 0 Å². The summed E-state index contributed by atoms with van der Waals surface area (Å²) in [5.74, 6) is 0. The van der Waals surface area contributed by atoms with E-state index >= 15 is 0 Å². The topological polar surface area (TPSA) is 50.8 Å². The van der Waals surface area contributed by atoms with Gasteiger partial charge in [-0.15, -0.1) is 0 Å². The Labute approximate surface area is 143 Å². The van der Waals surface area contributed by atoms with Crippen LogP contribution in [0.25, 0.3) is 11.0 Å². The van der Waals surface area contributed by atoms with Gasteiger partial charge in [0.15, 0.2) is 5.16 Å². The first-order valence-electron chi connectivity index (χ1n) is 7.26. The Hall–Kier alpha value is -0.563. The molecular weight excluding hydrogens is 334 g/mol. The van der Waals surface area contributed by atoms with Gasteiger partial charge >= 0.3 is 0 Å². The predicted molar refractivity (Wildman–Crippen MR) is 96.1 cm³/mol. The highest BCUT2D eigenvalue weighted by Gasteiger charge is 2.26. The maximum atomic E-state index is 6.41. The minimum absolute atomic E-state index is 0.0128. The minimum Gasteiger partial charge on any atom is -0.410 e. The zero-order valence-electron chi connectivity index (χ0n) is 14.0. The van der Waals surface area contributed by atoms with Crippen molar-refractivity contribution in [3.05, 3.63) is 16.9 Å². The van der Waals surface area contributed by atoms with Crippen molar-refractivity contribution < 1.29 is 4.43 Å². The Bertz CT molecular complexity index is 654. The standard InChI is InChI=1S/C15H23ClN3OSSi/c1-15(2,3)7-10(20-22(5)6)9-8-17-13-11(9)12(16)18-14(19-13)21-4/h8,10H,7H2,1-6H3,(H,17,18,19). The van der Waals surface area contributed by atoms with E-state index in [1.807, 2.05) is 12.5 Å². The van der Waals surface area contributed by atoms with Gasteiger partial charge in [0.2, 0.25) is 9.04 Å². The molecule has 22 heavy (non-hydrogen) atoms. The fraction of sp³-hybridized carbons (Fsp3) is 0.600. The summed E-state index contributed by atoms with van der Waals surface area (Å²) in [6, 6.07) is 0. The number of fused-ring (bicyclic) bond motifs is 1. The highest BCUT2D eigenvalue weighted by atomic mass is 35.5. The average Bonchev–Trinajstić information content (AvgIpc) is 2.79. The number of nitrogens with one attached hydrogen (secondary N) is 1. The van der Waals surface area contributed by atoms with Crippen molar-refractivity contribution >= 4 is 43.4 Å². The molecule has 2 rings (SSSR count). The first-order chi connectivity index (χ1) is 10.2. The van der Waals surface area contributed by atoms with Crippen LogP contribution in [0.4, 0.5) is 0 Å². The quantitative estimate of drug-likeness (QED) is 0.351. The molecule has 121 valence electrons. The van der Waals surface area contributed by atoms with Crippen molar-refractivity contribution in [1.82, 2.24) is 15.0 Å². The van der Waals surface area contributed by atoms with Crippen LogP contribution < -0.4 is 0 Å². The summed E-state index contributed by atoms with van der Waals surface area (Å²) in [5, 5.41) is 2.06. The van der Waals surface area contributed by atoms with E-state index in [-0.39, 0.29) is 11.5 Å². The zero-order chi connectivity index (χ0) is 16.5. The molecule has 2 aromatic rings.